The Kier molecular flexibility index (Phi) is 4.31. The fourth-order valence-electron chi connectivity index (χ4n) is 2.62. The Bertz CT molecular complexity index is 288. The van der Waals surface area contributed by atoms with Crippen LogP contribution < -0.4 is 0 Å². The lowest BCUT2D eigenvalue weighted by Gasteiger charge is -2.48. The van der Waals surface area contributed by atoms with Gasteiger partial charge in [0.15, 0.2) is 6.10 Å². The molecule has 2 fully saturated rings. The summed E-state index contributed by atoms with van der Waals surface area (Å²) in [6.45, 7) is 4.18. The second-order valence-electron chi connectivity index (χ2n) is 4.83. The SMILES string of the molecule is CC(=O)O[C@H]1[C@H](I)C[C@@H](C)O[C@@]12CCCCO2. The summed E-state index contributed by atoms with van der Waals surface area (Å²) in [6.07, 6.45) is 3.70. The molecule has 2 heterocycles. The summed E-state index contributed by atoms with van der Waals surface area (Å²) >= 11 is 2.34. The van der Waals surface area contributed by atoms with Crippen molar-refractivity contribution < 1.29 is 19.0 Å². The van der Waals surface area contributed by atoms with E-state index in [4.69, 9.17) is 14.2 Å². The number of carbonyl (C=O) groups is 1. The molecule has 0 unspecified atom stereocenters. The van der Waals surface area contributed by atoms with Gasteiger partial charge in [-0.3, -0.25) is 4.79 Å². The smallest absolute Gasteiger partial charge is 0.303 e. The number of esters is 1. The van der Waals surface area contributed by atoms with E-state index >= 15 is 0 Å². The van der Waals surface area contributed by atoms with Crippen LogP contribution >= 0.6 is 22.6 Å². The summed E-state index contributed by atoms with van der Waals surface area (Å²) in [6, 6.07) is 0. The lowest BCUT2D eigenvalue weighted by atomic mass is 9.92. The minimum Gasteiger partial charge on any atom is -0.456 e. The predicted octanol–water partition coefficient (Wildman–Crippen LogP) is 2.43. The van der Waals surface area contributed by atoms with Crippen LogP contribution in [0.15, 0.2) is 0 Å². The third-order valence-electron chi connectivity index (χ3n) is 3.28. The van der Waals surface area contributed by atoms with Gasteiger partial charge in [-0.2, -0.15) is 0 Å². The van der Waals surface area contributed by atoms with Crippen LogP contribution in [0.4, 0.5) is 0 Å². The number of alkyl halides is 1. The highest BCUT2D eigenvalue weighted by molar-refractivity contribution is 14.1. The van der Waals surface area contributed by atoms with Crippen molar-refractivity contribution in [3.63, 3.8) is 0 Å². The quantitative estimate of drug-likeness (QED) is 0.412. The topological polar surface area (TPSA) is 44.8 Å². The maximum atomic E-state index is 11.2. The molecule has 4 nitrogen and oxygen atoms in total. The first-order valence-electron chi connectivity index (χ1n) is 6.16. The van der Waals surface area contributed by atoms with E-state index in [0.717, 1.165) is 25.7 Å². The molecule has 5 heteroatoms. The van der Waals surface area contributed by atoms with Gasteiger partial charge in [-0.25, -0.2) is 0 Å². The molecule has 0 amide bonds. The van der Waals surface area contributed by atoms with Gasteiger partial charge in [-0.15, -0.1) is 0 Å². The third kappa shape index (κ3) is 2.93. The van der Waals surface area contributed by atoms with E-state index in [9.17, 15) is 4.79 Å². The van der Waals surface area contributed by atoms with Crippen molar-refractivity contribution >= 4 is 28.6 Å². The second-order valence-corrected chi connectivity index (χ2v) is 6.43. The lowest BCUT2D eigenvalue weighted by molar-refractivity contribution is -0.329. The number of carbonyl (C=O) groups excluding carboxylic acids is 1. The maximum Gasteiger partial charge on any atom is 0.303 e. The Morgan fingerprint density at radius 3 is 2.82 bits per heavy atom. The van der Waals surface area contributed by atoms with E-state index in [1.165, 1.54) is 6.92 Å². The molecule has 1 spiro atoms. The molecule has 0 aromatic rings. The van der Waals surface area contributed by atoms with Gasteiger partial charge in [0.2, 0.25) is 5.79 Å². The molecule has 0 aromatic carbocycles. The van der Waals surface area contributed by atoms with Crippen molar-refractivity contribution in [3.8, 4) is 0 Å². The first-order chi connectivity index (χ1) is 8.03. The van der Waals surface area contributed by atoms with Gasteiger partial charge in [0.05, 0.1) is 16.6 Å². The summed E-state index contributed by atoms with van der Waals surface area (Å²) < 4.78 is 17.5. The van der Waals surface area contributed by atoms with Gasteiger partial charge in [-0.05, 0) is 26.2 Å². The van der Waals surface area contributed by atoms with Gasteiger partial charge in [0, 0.05) is 13.3 Å². The average molecular weight is 354 g/mol. The second kappa shape index (κ2) is 5.40. The van der Waals surface area contributed by atoms with Crippen molar-refractivity contribution in [1.29, 1.82) is 0 Å². The molecule has 0 saturated carbocycles. The fourth-order valence-corrected chi connectivity index (χ4v) is 4.03. The number of hydrogen-bond donors (Lipinski definition) is 0. The van der Waals surface area contributed by atoms with Crippen molar-refractivity contribution in [1.82, 2.24) is 0 Å². The molecule has 0 aromatic heterocycles. The number of ether oxygens (including phenoxy) is 3. The van der Waals surface area contributed by atoms with E-state index < -0.39 is 5.79 Å². The van der Waals surface area contributed by atoms with E-state index in [2.05, 4.69) is 29.5 Å². The van der Waals surface area contributed by atoms with Crippen LogP contribution in [0.1, 0.15) is 39.5 Å². The molecular formula is C12H19IO4. The monoisotopic (exact) mass is 354 g/mol. The van der Waals surface area contributed by atoms with Crippen LogP contribution in [0, 0.1) is 0 Å². The average Bonchev–Trinajstić information content (AvgIpc) is 2.24. The van der Waals surface area contributed by atoms with Gasteiger partial charge in [0.1, 0.15) is 0 Å². The van der Waals surface area contributed by atoms with Crippen molar-refractivity contribution in [2.75, 3.05) is 6.61 Å². The van der Waals surface area contributed by atoms with Gasteiger partial charge in [-0.1, -0.05) is 22.6 Å². The Labute approximate surface area is 116 Å². The van der Waals surface area contributed by atoms with Crippen LogP contribution in [-0.2, 0) is 19.0 Å². The number of rotatable bonds is 1. The molecule has 98 valence electrons. The predicted molar refractivity (Wildman–Crippen MR) is 71.1 cm³/mol. The van der Waals surface area contributed by atoms with Gasteiger partial charge >= 0.3 is 5.97 Å². The largest absolute Gasteiger partial charge is 0.456 e. The maximum absolute atomic E-state index is 11.2. The molecule has 2 aliphatic rings. The van der Waals surface area contributed by atoms with Crippen molar-refractivity contribution in [3.05, 3.63) is 0 Å². The molecule has 0 radical (unpaired) electrons. The zero-order chi connectivity index (χ0) is 12.5. The summed E-state index contributed by atoms with van der Waals surface area (Å²) in [5, 5.41) is 0. The molecule has 0 bridgehead atoms. The van der Waals surface area contributed by atoms with E-state index in [1.54, 1.807) is 0 Å². The lowest BCUT2D eigenvalue weighted by Crippen LogP contribution is -2.60. The summed E-state index contributed by atoms with van der Waals surface area (Å²) in [5.74, 6) is -0.962. The minimum absolute atomic E-state index is 0.154. The number of hydrogen-bond acceptors (Lipinski definition) is 4. The van der Waals surface area contributed by atoms with E-state index in [1.807, 2.05) is 0 Å². The molecule has 4 atom stereocenters. The Morgan fingerprint density at radius 1 is 1.47 bits per heavy atom. The Morgan fingerprint density at radius 2 is 2.24 bits per heavy atom. The number of halogens is 1. The third-order valence-corrected chi connectivity index (χ3v) is 4.44. The Hall–Kier alpha value is 0.120. The summed E-state index contributed by atoms with van der Waals surface area (Å²) in [7, 11) is 0. The van der Waals surface area contributed by atoms with Gasteiger partial charge in [0.25, 0.3) is 0 Å². The molecule has 17 heavy (non-hydrogen) atoms. The van der Waals surface area contributed by atoms with Crippen molar-refractivity contribution in [2.45, 2.75) is 61.5 Å². The standard InChI is InChI=1S/C12H19IO4/c1-8-7-10(13)11(16-9(2)14)12(17-8)5-3-4-6-15-12/h8,10-11H,3-7H2,1-2H3/t8-,10-,11+,12+/m1/s1. The first-order valence-corrected chi connectivity index (χ1v) is 7.41. The van der Waals surface area contributed by atoms with Crippen LogP contribution in [0.2, 0.25) is 0 Å². The molecule has 2 saturated heterocycles. The van der Waals surface area contributed by atoms with Crippen LogP contribution in [0.5, 0.6) is 0 Å². The first kappa shape index (κ1) is 13.5. The zero-order valence-corrected chi connectivity index (χ0v) is 12.4. The minimum atomic E-state index is -0.701. The molecule has 0 N–H and O–H groups in total. The van der Waals surface area contributed by atoms with Crippen LogP contribution in [0.3, 0.4) is 0 Å². The normalized spacial score (nSPS) is 42.4. The van der Waals surface area contributed by atoms with E-state index in [0.29, 0.717) is 6.61 Å². The highest BCUT2D eigenvalue weighted by atomic mass is 127. The fraction of sp³-hybridized carbons (Fsp3) is 0.917. The van der Waals surface area contributed by atoms with E-state index in [-0.39, 0.29) is 22.1 Å². The molecular weight excluding hydrogens is 335 g/mol. The van der Waals surface area contributed by atoms with Gasteiger partial charge < -0.3 is 14.2 Å². The Balaban J connectivity index is 2.19. The molecule has 2 aliphatic heterocycles. The summed E-state index contributed by atoms with van der Waals surface area (Å²) in [5.41, 5.74) is 0. The van der Waals surface area contributed by atoms with Crippen LogP contribution in [-0.4, -0.2) is 34.5 Å². The summed E-state index contributed by atoms with van der Waals surface area (Å²) in [4.78, 5) is 11.2. The molecule has 0 aliphatic carbocycles. The highest BCUT2D eigenvalue weighted by Gasteiger charge is 2.52. The van der Waals surface area contributed by atoms with Crippen molar-refractivity contribution in [2.24, 2.45) is 0 Å². The molecule has 2 rings (SSSR count). The zero-order valence-electron chi connectivity index (χ0n) is 10.3. The van der Waals surface area contributed by atoms with Crippen LogP contribution in [0.25, 0.3) is 0 Å². The highest BCUT2D eigenvalue weighted by Crippen LogP contribution is 2.41.